The Balaban J connectivity index is 1.51. The molecular weight excluding hydrogens is 294 g/mol. The minimum atomic E-state index is 0.127. The van der Waals surface area contributed by atoms with Gasteiger partial charge in [0.05, 0.1) is 6.61 Å². The van der Waals surface area contributed by atoms with E-state index in [1.807, 2.05) is 17.7 Å². The molecule has 1 N–H and O–H groups in total. The van der Waals surface area contributed by atoms with Crippen molar-refractivity contribution in [3.05, 3.63) is 18.2 Å². The predicted molar refractivity (Wildman–Crippen MR) is 86.0 cm³/mol. The zero-order valence-corrected chi connectivity index (χ0v) is 13.9. The van der Waals surface area contributed by atoms with Crippen LogP contribution in [0, 0.1) is 18.8 Å². The van der Waals surface area contributed by atoms with Crippen LogP contribution in [0.3, 0.4) is 0 Å². The van der Waals surface area contributed by atoms with Crippen molar-refractivity contribution in [1.29, 1.82) is 0 Å². The first kappa shape index (κ1) is 16.5. The number of amides is 1. The standard InChI is InChI=1S/C17H27N3O3/c1-13-18-6-8-20(13)7-2-17(21)19-16-5-11-23-12-15(16)14-3-9-22-10-4-14/h6,8,14-16H,2-5,7,9-12H2,1H3,(H,19,21)/t15-,16-/m1/s1. The molecule has 0 bridgehead atoms. The fourth-order valence-electron chi connectivity index (χ4n) is 3.69. The van der Waals surface area contributed by atoms with E-state index in [9.17, 15) is 4.79 Å². The fourth-order valence-corrected chi connectivity index (χ4v) is 3.69. The molecule has 0 aliphatic carbocycles. The van der Waals surface area contributed by atoms with Gasteiger partial charge in [0.25, 0.3) is 0 Å². The highest BCUT2D eigenvalue weighted by molar-refractivity contribution is 5.76. The first-order valence-corrected chi connectivity index (χ1v) is 8.66. The third-order valence-corrected chi connectivity index (χ3v) is 5.12. The van der Waals surface area contributed by atoms with Crippen LogP contribution < -0.4 is 5.32 Å². The highest BCUT2D eigenvalue weighted by Crippen LogP contribution is 2.30. The Hall–Kier alpha value is -1.40. The molecule has 2 aliphatic heterocycles. The largest absolute Gasteiger partial charge is 0.381 e. The molecule has 128 valence electrons. The fraction of sp³-hybridized carbons (Fsp3) is 0.765. The van der Waals surface area contributed by atoms with Crippen LogP contribution in [0.5, 0.6) is 0 Å². The first-order valence-electron chi connectivity index (χ1n) is 8.66. The molecule has 6 nitrogen and oxygen atoms in total. The van der Waals surface area contributed by atoms with Crippen molar-refractivity contribution in [2.75, 3.05) is 26.4 Å². The summed E-state index contributed by atoms with van der Waals surface area (Å²) in [5.41, 5.74) is 0. The van der Waals surface area contributed by atoms with E-state index in [1.54, 1.807) is 6.20 Å². The van der Waals surface area contributed by atoms with Gasteiger partial charge in [0.15, 0.2) is 0 Å². The lowest BCUT2D eigenvalue weighted by atomic mass is 9.79. The van der Waals surface area contributed by atoms with Crippen LogP contribution in [0.2, 0.25) is 0 Å². The Labute approximate surface area is 137 Å². The second-order valence-corrected chi connectivity index (χ2v) is 6.57. The number of nitrogens with zero attached hydrogens (tertiary/aromatic N) is 2. The SMILES string of the molecule is Cc1nccn1CCC(=O)N[C@@H]1CCOC[C@@H]1C1CCOCC1. The molecule has 3 heterocycles. The number of imidazole rings is 1. The van der Waals surface area contributed by atoms with E-state index in [1.165, 1.54) is 0 Å². The number of carbonyl (C=O) groups excluding carboxylic acids is 1. The number of hydrogen-bond acceptors (Lipinski definition) is 4. The third kappa shape index (κ3) is 4.32. The Morgan fingerprint density at radius 1 is 1.30 bits per heavy atom. The van der Waals surface area contributed by atoms with Crippen molar-refractivity contribution in [3.8, 4) is 0 Å². The summed E-state index contributed by atoms with van der Waals surface area (Å²) in [4.78, 5) is 16.5. The number of aromatic nitrogens is 2. The maximum absolute atomic E-state index is 12.3. The number of ether oxygens (including phenoxy) is 2. The molecule has 2 fully saturated rings. The lowest BCUT2D eigenvalue weighted by Crippen LogP contribution is -2.49. The molecule has 23 heavy (non-hydrogen) atoms. The van der Waals surface area contributed by atoms with E-state index >= 15 is 0 Å². The molecule has 2 aliphatic rings. The van der Waals surface area contributed by atoms with Gasteiger partial charge in [-0.2, -0.15) is 0 Å². The van der Waals surface area contributed by atoms with Gasteiger partial charge >= 0.3 is 0 Å². The molecule has 6 heteroatoms. The second kappa shape index (κ2) is 7.93. The van der Waals surface area contributed by atoms with Crippen molar-refractivity contribution in [2.45, 2.75) is 45.2 Å². The van der Waals surface area contributed by atoms with Crippen molar-refractivity contribution >= 4 is 5.91 Å². The van der Waals surface area contributed by atoms with Gasteiger partial charge in [-0.25, -0.2) is 4.98 Å². The Bertz CT molecular complexity index is 511. The van der Waals surface area contributed by atoms with Gasteiger partial charge < -0.3 is 19.4 Å². The van der Waals surface area contributed by atoms with E-state index in [0.29, 0.717) is 24.8 Å². The van der Waals surface area contributed by atoms with Crippen LogP contribution in [0.25, 0.3) is 0 Å². The van der Waals surface area contributed by atoms with Crippen molar-refractivity contribution in [3.63, 3.8) is 0 Å². The molecule has 1 aromatic rings. The summed E-state index contributed by atoms with van der Waals surface area (Å²) in [5, 5.41) is 3.25. The molecule has 2 atom stereocenters. The van der Waals surface area contributed by atoms with Crippen molar-refractivity contribution in [2.24, 2.45) is 11.8 Å². The molecule has 0 saturated carbocycles. The predicted octanol–water partition coefficient (Wildman–Crippen LogP) is 1.53. The minimum Gasteiger partial charge on any atom is -0.381 e. The number of aryl methyl sites for hydroxylation is 2. The lowest BCUT2D eigenvalue weighted by Gasteiger charge is -2.39. The monoisotopic (exact) mass is 321 g/mol. The van der Waals surface area contributed by atoms with Gasteiger partial charge in [-0.15, -0.1) is 0 Å². The van der Waals surface area contributed by atoms with Crippen LogP contribution in [-0.2, 0) is 20.8 Å². The van der Waals surface area contributed by atoms with Crippen molar-refractivity contribution in [1.82, 2.24) is 14.9 Å². The summed E-state index contributed by atoms with van der Waals surface area (Å²) < 4.78 is 13.2. The maximum atomic E-state index is 12.3. The minimum absolute atomic E-state index is 0.127. The molecule has 0 radical (unpaired) electrons. The molecule has 2 saturated heterocycles. The third-order valence-electron chi connectivity index (χ3n) is 5.12. The van der Waals surface area contributed by atoms with Gasteiger partial charge in [-0.1, -0.05) is 0 Å². The van der Waals surface area contributed by atoms with Gasteiger partial charge in [0.2, 0.25) is 5.91 Å². The van der Waals surface area contributed by atoms with Crippen LogP contribution in [0.1, 0.15) is 31.5 Å². The Morgan fingerprint density at radius 2 is 2.09 bits per heavy atom. The summed E-state index contributed by atoms with van der Waals surface area (Å²) in [6.07, 6.45) is 7.25. The van der Waals surface area contributed by atoms with Crippen LogP contribution in [0.4, 0.5) is 0 Å². The molecular formula is C17H27N3O3. The number of nitrogens with one attached hydrogen (secondary N) is 1. The Kier molecular flexibility index (Phi) is 5.67. The van der Waals surface area contributed by atoms with Gasteiger partial charge in [-0.05, 0) is 32.1 Å². The molecule has 1 aromatic heterocycles. The summed E-state index contributed by atoms with van der Waals surface area (Å²) in [7, 11) is 0. The smallest absolute Gasteiger partial charge is 0.222 e. The molecule has 0 aromatic carbocycles. The number of rotatable bonds is 5. The second-order valence-electron chi connectivity index (χ2n) is 6.57. The van der Waals surface area contributed by atoms with Crippen LogP contribution in [-0.4, -0.2) is 47.9 Å². The highest BCUT2D eigenvalue weighted by Gasteiger charge is 2.34. The topological polar surface area (TPSA) is 65.4 Å². The van der Waals surface area contributed by atoms with Crippen LogP contribution >= 0.6 is 0 Å². The van der Waals surface area contributed by atoms with E-state index in [-0.39, 0.29) is 11.9 Å². The number of carbonyl (C=O) groups is 1. The molecule has 0 unspecified atom stereocenters. The molecule has 0 spiro atoms. The quantitative estimate of drug-likeness (QED) is 0.893. The number of hydrogen-bond donors (Lipinski definition) is 1. The average molecular weight is 321 g/mol. The first-order chi connectivity index (χ1) is 11.2. The van der Waals surface area contributed by atoms with Gasteiger partial charge in [0, 0.05) is 57.1 Å². The maximum Gasteiger partial charge on any atom is 0.222 e. The highest BCUT2D eigenvalue weighted by atomic mass is 16.5. The summed E-state index contributed by atoms with van der Waals surface area (Å²) in [5.74, 6) is 2.10. The van der Waals surface area contributed by atoms with E-state index < -0.39 is 0 Å². The normalized spacial score (nSPS) is 26.1. The van der Waals surface area contributed by atoms with Gasteiger partial charge in [0.1, 0.15) is 5.82 Å². The average Bonchev–Trinajstić information content (AvgIpc) is 2.99. The van der Waals surface area contributed by atoms with Crippen LogP contribution in [0.15, 0.2) is 12.4 Å². The Morgan fingerprint density at radius 3 is 2.83 bits per heavy atom. The van der Waals surface area contributed by atoms with E-state index in [4.69, 9.17) is 9.47 Å². The zero-order valence-electron chi connectivity index (χ0n) is 13.9. The van der Waals surface area contributed by atoms with E-state index in [2.05, 4.69) is 10.3 Å². The summed E-state index contributed by atoms with van der Waals surface area (Å²) in [6.45, 7) is 5.81. The van der Waals surface area contributed by atoms with E-state index in [0.717, 1.165) is 51.5 Å². The molecule has 3 rings (SSSR count). The summed E-state index contributed by atoms with van der Waals surface area (Å²) in [6, 6.07) is 0.239. The lowest BCUT2D eigenvalue weighted by molar-refractivity contribution is -0.124. The summed E-state index contributed by atoms with van der Waals surface area (Å²) >= 11 is 0. The van der Waals surface area contributed by atoms with Gasteiger partial charge in [-0.3, -0.25) is 4.79 Å². The zero-order chi connectivity index (χ0) is 16.1. The molecule has 1 amide bonds. The van der Waals surface area contributed by atoms with Crippen molar-refractivity contribution < 1.29 is 14.3 Å².